The van der Waals surface area contributed by atoms with Gasteiger partial charge in [-0.15, -0.1) is 0 Å². The molecule has 3 rings (SSSR count). The van der Waals surface area contributed by atoms with Crippen molar-refractivity contribution in [2.45, 2.75) is 50.5 Å². The van der Waals surface area contributed by atoms with Crippen molar-refractivity contribution in [1.29, 1.82) is 0 Å². The second kappa shape index (κ2) is 7.91. The molecule has 0 aromatic heterocycles. The van der Waals surface area contributed by atoms with E-state index in [0.29, 0.717) is 0 Å². The Morgan fingerprint density at radius 3 is 2.39 bits per heavy atom. The smallest absolute Gasteiger partial charge is 0.134 e. The lowest BCUT2D eigenvalue weighted by atomic mass is 9.95. The fourth-order valence-electron chi connectivity index (χ4n) is 3.68. The van der Waals surface area contributed by atoms with Gasteiger partial charge in [-0.25, -0.2) is 4.31 Å². The molecule has 0 saturated carbocycles. The second-order valence-corrected chi connectivity index (χ2v) is 8.26. The SMILES string of the molecule is COc1cc(C)ccc1SN1CCC(N2CCC(C)CC2)CC1. The van der Waals surface area contributed by atoms with Gasteiger partial charge in [-0.3, -0.25) is 0 Å². The first-order valence-corrected chi connectivity index (χ1v) is 9.74. The first kappa shape index (κ1) is 17.1. The van der Waals surface area contributed by atoms with Crippen molar-refractivity contribution in [2.24, 2.45) is 5.92 Å². The van der Waals surface area contributed by atoms with Crippen LogP contribution in [0.15, 0.2) is 23.1 Å². The van der Waals surface area contributed by atoms with Crippen LogP contribution < -0.4 is 4.74 Å². The molecule has 23 heavy (non-hydrogen) atoms. The van der Waals surface area contributed by atoms with Crippen molar-refractivity contribution in [1.82, 2.24) is 9.21 Å². The predicted molar refractivity (Wildman–Crippen MR) is 98.2 cm³/mol. The summed E-state index contributed by atoms with van der Waals surface area (Å²) >= 11 is 1.86. The normalized spacial score (nSPS) is 22.4. The van der Waals surface area contributed by atoms with Gasteiger partial charge in [0.1, 0.15) is 5.75 Å². The van der Waals surface area contributed by atoms with Crippen molar-refractivity contribution >= 4 is 11.9 Å². The highest BCUT2D eigenvalue weighted by Crippen LogP contribution is 2.35. The number of hydrogen-bond donors (Lipinski definition) is 0. The Labute approximate surface area is 145 Å². The molecule has 0 bridgehead atoms. The molecule has 0 spiro atoms. The Morgan fingerprint density at radius 1 is 1.04 bits per heavy atom. The van der Waals surface area contributed by atoms with Crippen LogP contribution in [0.2, 0.25) is 0 Å². The summed E-state index contributed by atoms with van der Waals surface area (Å²) in [4.78, 5) is 3.98. The van der Waals surface area contributed by atoms with Crippen molar-refractivity contribution in [3.05, 3.63) is 23.8 Å². The lowest BCUT2D eigenvalue weighted by Crippen LogP contribution is -2.46. The number of likely N-dealkylation sites (tertiary alicyclic amines) is 1. The Hall–Kier alpha value is -0.710. The number of benzene rings is 1. The van der Waals surface area contributed by atoms with E-state index in [9.17, 15) is 0 Å². The molecule has 0 radical (unpaired) electrons. The van der Waals surface area contributed by atoms with Crippen LogP contribution in [0.1, 0.15) is 38.2 Å². The highest BCUT2D eigenvalue weighted by atomic mass is 32.2. The first-order valence-electron chi connectivity index (χ1n) is 8.97. The predicted octanol–water partition coefficient (Wildman–Crippen LogP) is 4.21. The molecule has 2 aliphatic rings. The van der Waals surface area contributed by atoms with E-state index in [-0.39, 0.29) is 0 Å². The number of methoxy groups -OCH3 is 1. The van der Waals surface area contributed by atoms with Gasteiger partial charge >= 0.3 is 0 Å². The molecule has 0 atom stereocenters. The van der Waals surface area contributed by atoms with Crippen molar-refractivity contribution in [3.8, 4) is 5.75 Å². The minimum Gasteiger partial charge on any atom is -0.496 e. The molecule has 4 heteroatoms. The topological polar surface area (TPSA) is 15.7 Å². The maximum Gasteiger partial charge on any atom is 0.134 e. The van der Waals surface area contributed by atoms with E-state index in [0.717, 1.165) is 17.7 Å². The molecular weight excluding hydrogens is 304 g/mol. The number of ether oxygens (including phenoxy) is 1. The number of piperidine rings is 2. The maximum atomic E-state index is 5.54. The fraction of sp³-hybridized carbons (Fsp3) is 0.684. The van der Waals surface area contributed by atoms with Gasteiger partial charge in [-0.1, -0.05) is 13.0 Å². The quantitative estimate of drug-likeness (QED) is 0.766. The number of rotatable bonds is 4. The summed E-state index contributed by atoms with van der Waals surface area (Å²) in [5, 5.41) is 0. The highest BCUT2D eigenvalue weighted by Gasteiger charge is 2.27. The molecule has 3 nitrogen and oxygen atoms in total. The molecule has 0 amide bonds. The van der Waals surface area contributed by atoms with Gasteiger partial charge in [0, 0.05) is 19.1 Å². The zero-order chi connectivity index (χ0) is 16.2. The van der Waals surface area contributed by atoms with Gasteiger partial charge in [-0.2, -0.15) is 0 Å². The second-order valence-electron chi connectivity index (χ2n) is 7.12. The van der Waals surface area contributed by atoms with E-state index < -0.39 is 0 Å². The summed E-state index contributed by atoms with van der Waals surface area (Å²) < 4.78 is 8.05. The number of hydrogen-bond acceptors (Lipinski definition) is 4. The van der Waals surface area contributed by atoms with Crippen LogP contribution >= 0.6 is 11.9 Å². The lowest BCUT2D eigenvalue weighted by Gasteiger charge is -2.41. The minimum atomic E-state index is 0.805. The summed E-state index contributed by atoms with van der Waals surface area (Å²) in [5.74, 6) is 1.93. The van der Waals surface area contributed by atoms with Gasteiger partial charge in [0.05, 0.1) is 12.0 Å². The third-order valence-electron chi connectivity index (χ3n) is 5.30. The van der Waals surface area contributed by atoms with Gasteiger partial charge in [-0.05, 0) is 81.3 Å². The van der Waals surface area contributed by atoms with Gasteiger partial charge < -0.3 is 9.64 Å². The van der Waals surface area contributed by atoms with Crippen LogP contribution in [-0.4, -0.2) is 48.5 Å². The van der Waals surface area contributed by atoms with Crippen LogP contribution in [-0.2, 0) is 0 Å². The van der Waals surface area contributed by atoms with E-state index >= 15 is 0 Å². The molecular formula is C19H30N2OS. The van der Waals surface area contributed by atoms with E-state index in [1.165, 1.54) is 62.3 Å². The molecule has 1 aromatic carbocycles. The Balaban J connectivity index is 1.51. The van der Waals surface area contributed by atoms with Crippen molar-refractivity contribution in [3.63, 3.8) is 0 Å². The Kier molecular flexibility index (Phi) is 5.89. The average molecular weight is 335 g/mol. The monoisotopic (exact) mass is 334 g/mol. The summed E-state index contributed by atoms with van der Waals surface area (Å²) in [6.45, 7) is 9.49. The molecule has 2 fully saturated rings. The van der Waals surface area contributed by atoms with Gasteiger partial charge in [0.15, 0.2) is 0 Å². The zero-order valence-electron chi connectivity index (χ0n) is 14.8. The van der Waals surface area contributed by atoms with E-state index in [1.807, 2.05) is 11.9 Å². The molecule has 0 unspecified atom stereocenters. The van der Waals surface area contributed by atoms with E-state index in [4.69, 9.17) is 4.74 Å². The number of aryl methyl sites for hydroxylation is 1. The summed E-state index contributed by atoms with van der Waals surface area (Å²) in [6, 6.07) is 7.30. The molecule has 0 N–H and O–H groups in total. The van der Waals surface area contributed by atoms with Crippen LogP contribution in [0.5, 0.6) is 5.75 Å². The Morgan fingerprint density at radius 2 is 1.74 bits per heavy atom. The largest absolute Gasteiger partial charge is 0.496 e. The molecule has 1 aromatic rings. The zero-order valence-corrected chi connectivity index (χ0v) is 15.6. The molecule has 2 aliphatic heterocycles. The van der Waals surface area contributed by atoms with Crippen molar-refractivity contribution in [2.75, 3.05) is 33.3 Å². The van der Waals surface area contributed by atoms with Gasteiger partial charge in [0.2, 0.25) is 0 Å². The van der Waals surface area contributed by atoms with E-state index in [2.05, 4.69) is 41.3 Å². The maximum absolute atomic E-state index is 5.54. The fourth-order valence-corrected chi connectivity index (χ4v) is 4.71. The van der Waals surface area contributed by atoms with Gasteiger partial charge in [0.25, 0.3) is 0 Å². The third kappa shape index (κ3) is 4.43. The average Bonchev–Trinajstić information content (AvgIpc) is 2.58. The lowest BCUT2D eigenvalue weighted by molar-refractivity contribution is 0.103. The molecule has 0 aliphatic carbocycles. The Bertz CT molecular complexity index is 506. The van der Waals surface area contributed by atoms with E-state index in [1.54, 1.807) is 7.11 Å². The highest BCUT2D eigenvalue weighted by molar-refractivity contribution is 7.97. The van der Waals surface area contributed by atoms with Crippen LogP contribution in [0.3, 0.4) is 0 Å². The standard InChI is InChI=1S/C19H30N2OS/c1-15-6-10-20(11-7-15)17-8-12-21(13-9-17)23-19-5-4-16(2)14-18(19)22-3/h4-5,14-15,17H,6-13H2,1-3H3. The molecule has 2 saturated heterocycles. The summed E-state index contributed by atoms with van der Waals surface area (Å²) in [7, 11) is 1.77. The summed E-state index contributed by atoms with van der Waals surface area (Å²) in [5.41, 5.74) is 1.25. The number of nitrogens with zero attached hydrogens (tertiary/aromatic N) is 2. The molecule has 128 valence electrons. The first-order chi connectivity index (χ1) is 11.2. The third-order valence-corrected chi connectivity index (χ3v) is 6.46. The van der Waals surface area contributed by atoms with Crippen LogP contribution in [0.4, 0.5) is 0 Å². The minimum absolute atomic E-state index is 0.805. The van der Waals surface area contributed by atoms with Crippen molar-refractivity contribution < 1.29 is 4.74 Å². The summed E-state index contributed by atoms with van der Waals surface area (Å²) in [6.07, 6.45) is 5.37. The van der Waals surface area contributed by atoms with Crippen LogP contribution in [0.25, 0.3) is 0 Å². The van der Waals surface area contributed by atoms with Crippen LogP contribution in [0, 0.1) is 12.8 Å². The molecule has 2 heterocycles.